The summed E-state index contributed by atoms with van der Waals surface area (Å²) in [5.74, 6) is -0.145. The van der Waals surface area contributed by atoms with Gasteiger partial charge >= 0.3 is 0 Å². The zero-order valence-electron chi connectivity index (χ0n) is 11.1. The topological polar surface area (TPSA) is 98.3 Å². The maximum absolute atomic E-state index is 11.7. The molecule has 0 heterocycles. The smallest absolute Gasteiger partial charge is 0.269 e. The fourth-order valence-electron chi connectivity index (χ4n) is 1.82. The Kier molecular flexibility index (Phi) is 5.44. The molecule has 2 unspecified atom stereocenters. The minimum atomic E-state index is -0.444. The number of nitrogens with two attached hydrogens (primary N) is 1. The molecule has 1 aromatic rings. The molecule has 1 aromatic carbocycles. The average Bonchev–Trinajstić information content (AvgIpc) is 2.35. The van der Waals surface area contributed by atoms with Crippen molar-refractivity contribution >= 4 is 11.6 Å². The Morgan fingerprint density at radius 1 is 1.53 bits per heavy atom. The Bertz CT molecular complexity index is 460. The number of non-ortho nitro benzene ring substituents is 1. The van der Waals surface area contributed by atoms with Gasteiger partial charge in [0.15, 0.2) is 0 Å². The Morgan fingerprint density at radius 2 is 2.21 bits per heavy atom. The highest BCUT2D eigenvalue weighted by atomic mass is 16.6. The number of amides is 1. The third-order valence-corrected chi connectivity index (χ3v) is 2.73. The van der Waals surface area contributed by atoms with Gasteiger partial charge in [-0.25, -0.2) is 0 Å². The van der Waals surface area contributed by atoms with Crippen molar-refractivity contribution in [2.24, 2.45) is 5.73 Å². The minimum absolute atomic E-state index is 0.0254. The number of carbonyl (C=O) groups excluding carboxylic acids is 1. The van der Waals surface area contributed by atoms with E-state index in [0.717, 1.165) is 5.56 Å². The van der Waals surface area contributed by atoms with Gasteiger partial charge in [-0.3, -0.25) is 14.9 Å². The Labute approximate surface area is 112 Å². The SMILES string of the molecule is CCC(NC(=O)CC(C)N)c1cccc([N+](=O)[O-])c1. The molecule has 0 aliphatic heterocycles. The van der Waals surface area contributed by atoms with Crippen LogP contribution in [-0.4, -0.2) is 16.9 Å². The summed E-state index contributed by atoms with van der Waals surface area (Å²) in [6.45, 7) is 3.67. The Hall–Kier alpha value is -1.95. The van der Waals surface area contributed by atoms with Gasteiger partial charge in [0.2, 0.25) is 5.91 Å². The molecule has 19 heavy (non-hydrogen) atoms. The summed E-state index contributed by atoms with van der Waals surface area (Å²) in [4.78, 5) is 22.0. The normalized spacial score (nSPS) is 13.6. The van der Waals surface area contributed by atoms with Gasteiger partial charge in [-0.2, -0.15) is 0 Å². The van der Waals surface area contributed by atoms with Crippen LogP contribution in [0.3, 0.4) is 0 Å². The van der Waals surface area contributed by atoms with E-state index in [1.54, 1.807) is 19.1 Å². The van der Waals surface area contributed by atoms with Crippen LogP contribution in [0.1, 0.15) is 38.3 Å². The minimum Gasteiger partial charge on any atom is -0.349 e. The Balaban J connectivity index is 2.82. The molecule has 6 heteroatoms. The van der Waals surface area contributed by atoms with E-state index in [1.807, 2.05) is 6.92 Å². The van der Waals surface area contributed by atoms with Gasteiger partial charge in [-0.05, 0) is 18.9 Å². The predicted octanol–water partition coefficient (Wildman–Crippen LogP) is 1.90. The van der Waals surface area contributed by atoms with E-state index in [1.165, 1.54) is 12.1 Å². The molecule has 0 saturated heterocycles. The van der Waals surface area contributed by atoms with Crippen LogP contribution < -0.4 is 11.1 Å². The number of nitrogens with zero attached hydrogens (tertiary/aromatic N) is 1. The molecule has 3 N–H and O–H groups in total. The van der Waals surface area contributed by atoms with Crippen LogP contribution in [-0.2, 0) is 4.79 Å². The molecule has 0 fully saturated rings. The summed E-state index contributed by atoms with van der Waals surface area (Å²) in [6, 6.07) is 5.87. The number of nitro groups is 1. The maximum atomic E-state index is 11.7. The number of hydrogen-bond donors (Lipinski definition) is 2. The van der Waals surface area contributed by atoms with E-state index in [4.69, 9.17) is 5.73 Å². The van der Waals surface area contributed by atoms with Crippen LogP contribution in [0.5, 0.6) is 0 Å². The zero-order valence-corrected chi connectivity index (χ0v) is 11.1. The molecule has 0 aliphatic carbocycles. The van der Waals surface area contributed by atoms with Crippen LogP contribution in [0.15, 0.2) is 24.3 Å². The van der Waals surface area contributed by atoms with Crippen molar-refractivity contribution in [3.8, 4) is 0 Å². The van der Waals surface area contributed by atoms with E-state index in [-0.39, 0.29) is 30.1 Å². The summed E-state index contributed by atoms with van der Waals surface area (Å²) >= 11 is 0. The number of carbonyl (C=O) groups is 1. The third kappa shape index (κ3) is 4.67. The second-order valence-corrected chi connectivity index (χ2v) is 4.56. The number of hydrogen-bond acceptors (Lipinski definition) is 4. The molecular formula is C13H19N3O3. The molecule has 0 spiro atoms. The summed E-state index contributed by atoms with van der Waals surface area (Å²) in [6.07, 6.45) is 0.900. The number of nitro benzene ring substituents is 1. The summed E-state index contributed by atoms with van der Waals surface area (Å²) in [5, 5.41) is 13.6. The van der Waals surface area contributed by atoms with E-state index in [2.05, 4.69) is 5.32 Å². The fraction of sp³-hybridized carbons (Fsp3) is 0.462. The molecule has 1 amide bonds. The van der Waals surface area contributed by atoms with Gasteiger partial charge in [0.25, 0.3) is 5.69 Å². The monoisotopic (exact) mass is 265 g/mol. The second kappa shape index (κ2) is 6.84. The van der Waals surface area contributed by atoms with Crippen molar-refractivity contribution in [1.82, 2.24) is 5.32 Å². The quantitative estimate of drug-likeness (QED) is 0.606. The van der Waals surface area contributed by atoms with Gasteiger partial charge in [-0.15, -0.1) is 0 Å². The first kappa shape index (κ1) is 15.1. The molecule has 0 radical (unpaired) electrons. The number of rotatable bonds is 6. The average molecular weight is 265 g/mol. The zero-order chi connectivity index (χ0) is 14.4. The molecule has 0 aromatic heterocycles. The van der Waals surface area contributed by atoms with E-state index in [9.17, 15) is 14.9 Å². The van der Waals surface area contributed by atoms with Gasteiger partial charge in [0.1, 0.15) is 0 Å². The lowest BCUT2D eigenvalue weighted by Crippen LogP contribution is -2.32. The molecule has 0 bridgehead atoms. The first-order valence-corrected chi connectivity index (χ1v) is 6.23. The van der Waals surface area contributed by atoms with Crippen molar-refractivity contribution in [2.45, 2.75) is 38.8 Å². The molecule has 104 valence electrons. The first-order chi connectivity index (χ1) is 8.93. The van der Waals surface area contributed by atoms with E-state index in [0.29, 0.717) is 6.42 Å². The molecule has 2 atom stereocenters. The summed E-state index contributed by atoms with van der Waals surface area (Å²) < 4.78 is 0. The highest BCUT2D eigenvalue weighted by molar-refractivity contribution is 5.77. The van der Waals surface area contributed by atoms with Crippen molar-refractivity contribution in [1.29, 1.82) is 0 Å². The van der Waals surface area contributed by atoms with Gasteiger partial charge in [0.05, 0.1) is 11.0 Å². The van der Waals surface area contributed by atoms with Crippen molar-refractivity contribution in [2.75, 3.05) is 0 Å². The first-order valence-electron chi connectivity index (χ1n) is 6.23. The van der Waals surface area contributed by atoms with Crippen LogP contribution in [0.25, 0.3) is 0 Å². The lowest BCUT2D eigenvalue weighted by molar-refractivity contribution is -0.384. The largest absolute Gasteiger partial charge is 0.349 e. The van der Waals surface area contributed by atoms with Crippen LogP contribution in [0, 0.1) is 10.1 Å². The highest BCUT2D eigenvalue weighted by Crippen LogP contribution is 2.21. The molecular weight excluding hydrogens is 246 g/mol. The summed E-state index contributed by atoms with van der Waals surface area (Å²) in [5.41, 5.74) is 6.32. The summed E-state index contributed by atoms with van der Waals surface area (Å²) in [7, 11) is 0. The van der Waals surface area contributed by atoms with Gasteiger partial charge in [-0.1, -0.05) is 19.1 Å². The van der Waals surface area contributed by atoms with E-state index >= 15 is 0 Å². The molecule has 1 rings (SSSR count). The van der Waals surface area contributed by atoms with E-state index < -0.39 is 4.92 Å². The van der Waals surface area contributed by atoms with Crippen LogP contribution in [0.4, 0.5) is 5.69 Å². The third-order valence-electron chi connectivity index (χ3n) is 2.73. The Morgan fingerprint density at radius 3 is 2.74 bits per heavy atom. The van der Waals surface area contributed by atoms with Gasteiger partial charge in [0, 0.05) is 24.6 Å². The van der Waals surface area contributed by atoms with Crippen molar-refractivity contribution in [3.05, 3.63) is 39.9 Å². The van der Waals surface area contributed by atoms with Crippen LogP contribution in [0.2, 0.25) is 0 Å². The molecule has 0 aliphatic rings. The lowest BCUT2D eigenvalue weighted by Gasteiger charge is -2.18. The second-order valence-electron chi connectivity index (χ2n) is 4.56. The lowest BCUT2D eigenvalue weighted by atomic mass is 10.0. The maximum Gasteiger partial charge on any atom is 0.269 e. The number of nitrogens with one attached hydrogen (secondary N) is 1. The highest BCUT2D eigenvalue weighted by Gasteiger charge is 2.16. The standard InChI is InChI=1S/C13H19N3O3/c1-3-12(15-13(17)7-9(2)14)10-5-4-6-11(8-10)16(18)19/h4-6,8-9,12H,3,7,14H2,1-2H3,(H,15,17). The predicted molar refractivity (Wildman–Crippen MR) is 72.5 cm³/mol. The molecule has 6 nitrogen and oxygen atoms in total. The van der Waals surface area contributed by atoms with Crippen LogP contribution >= 0.6 is 0 Å². The van der Waals surface area contributed by atoms with Crippen molar-refractivity contribution in [3.63, 3.8) is 0 Å². The molecule has 0 saturated carbocycles. The van der Waals surface area contributed by atoms with Gasteiger partial charge < -0.3 is 11.1 Å². The van der Waals surface area contributed by atoms with Crippen molar-refractivity contribution < 1.29 is 9.72 Å². The number of benzene rings is 1. The fourth-order valence-corrected chi connectivity index (χ4v) is 1.82.